The Bertz CT molecular complexity index is 139. The SMILES string of the molecule is CCC(OC=O)C(C)(C)C(C)C. The third kappa shape index (κ3) is 2.50. The maximum Gasteiger partial charge on any atom is 0.293 e. The van der Waals surface area contributed by atoms with Crippen molar-refractivity contribution >= 4 is 6.47 Å². The molecule has 1 atom stereocenters. The number of hydrogen-bond donors (Lipinski definition) is 0. The van der Waals surface area contributed by atoms with Gasteiger partial charge in [0.1, 0.15) is 6.10 Å². The summed E-state index contributed by atoms with van der Waals surface area (Å²) in [5.41, 5.74) is 0.0651. The average molecular weight is 172 g/mol. The molecule has 0 spiro atoms. The van der Waals surface area contributed by atoms with Gasteiger partial charge in [-0.05, 0) is 12.3 Å². The van der Waals surface area contributed by atoms with Crippen molar-refractivity contribution in [2.75, 3.05) is 0 Å². The number of hydrogen-bond acceptors (Lipinski definition) is 2. The van der Waals surface area contributed by atoms with E-state index >= 15 is 0 Å². The van der Waals surface area contributed by atoms with Crippen LogP contribution in [-0.2, 0) is 9.53 Å². The highest BCUT2D eigenvalue weighted by Gasteiger charge is 2.32. The standard InChI is InChI=1S/C10H20O2/c1-6-9(12-7-11)10(4,5)8(2)3/h7-9H,6H2,1-5H3. The third-order valence-electron chi connectivity index (χ3n) is 2.91. The van der Waals surface area contributed by atoms with E-state index in [1.807, 2.05) is 6.92 Å². The fourth-order valence-corrected chi connectivity index (χ4v) is 1.24. The van der Waals surface area contributed by atoms with Gasteiger partial charge in [-0.15, -0.1) is 0 Å². The van der Waals surface area contributed by atoms with Crippen LogP contribution in [-0.4, -0.2) is 12.6 Å². The van der Waals surface area contributed by atoms with Crippen molar-refractivity contribution in [1.82, 2.24) is 0 Å². The summed E-state index contributed by atoms with van der Waals surface area (Å²) in [6.45, 7) is 11.2. The van der Waals surface area contributed by atoms with Crippen LogP contribution in [0.25, 0.3) is 0 Å². The zero-order valence-corrected chi connectivity index (χ0v) is 8.76. The van der Waals surface area contributed by atoms with Crippen molar-refractivity contribution in [3.8, 4) is 0 Å². The molecule has 0 aliphatic heterocycles. The molecule has 2 heteroatoms. The second kappa shape index (κ2) is 4.48. The first-order valence-corrected chi connectivity index (χ1v) is 4.55. The number of rotatable bonds is 5. The quantitative estimate of drug-likeness (QED) is 0.596. The van der Waals surface area contributed by atoms with Crippen molar-refractivity contribution in [2.24, 2.45) is 11.3 Å². The Morgan fingerprint density at radius 3 is 2.17 bits per heavy atom. The van der Waals surface area contributed by atoms with E-state index in [9.17, 15) is 4.79 Å². The molecule has 0 heterocycles. The molecule has 0 fully saturated rings. The van der Waals surface area contributed by atoms with Gasteiger partial charge in [0, 0.05) is 5.41 Å². The lowest BCUT2D eigenvalue weighted by atomic mass is 9.75. The largest absolute Gasteiger partial charge is 0.464 e. The highest BCUT2D eigenvalue weighted by molar-refractivity contribution is 5.37. The molecule has 0 radical (unpaired) electrons. The van der Waals surface area contributed by atoms with Gasteiger partial charge in [-0.1, -0.05) is 34.6 Å². The van der Waals surface area contributed by atoms with Gasteiger partial charge >= 0.3 is 0 Å². The molecule has 0 N–H and O–H groups in total. The van der Waals surface area contributed by atoms with Crippen molar-refractivity contribution in [3.63, 3.8) is 0 Å². The van der Waals surface area contributed by atoms with Gasteiger partial charge in [-0.3, -0.25) is 4.79 Å². The van der Waals surface area contributed by atoms with Gasteiger partial charge in [0.15, 0.2) is 0 Å². The van der Waals surface area contributed by atoms with Crippen LogP contribution in [0.5, 0.6) is 0 Å². The topological polar surface area (TPSA) is 26.3 Å². The molecule has 1 unspecified atom stereocenters. The normalized spacial score (nSPS) is 14.5. The number of carbonyl (C=O) groups excluding carboxylic acids is 1. The Morgan fingerprint density at radius 2 is 1.92 bits per heavy atom. The number of ether oxygens (including phenoxy) is 1. The molecule has 0 aromatic heterocycles. The van der Waals surface area contributed by atoms with E-state index in [0.717, 1.165) is 6.42 Å². The van der Waals surface area contributed by atoms with Crippen molar-refractivity contribution in [1.29, 1.82) is 0 Å². The highest BCUT2D eigenvalue weighted by atomic mass is 16.5. The fourth-order valence-electron chi connectivity index (χ4n) is 1.24. The molecule has 0 rings (SSSR count). The minimum Gasteiger partial charge on any atom is -0.464 e. The van der Waals surface area contributed by atoms with Crippen LogP contribution in [0.1, 0.15) is 41.0 Å². The van der Waals surface area contributed by atoms with Gasteiger partial charge in [-0.2, -0.15) is 0 Å². The molecule has 0 aliphatic rings. The average Bonchev–Trinajstić information content (AvgIpc) is 1.99. The Labute approximate surface area is 75.3 Å². The zero-order chi connectivity index (χ0) is 9.78. The fraction of sp³-hybridized carbons (Fsp3) is 0.900. The first kappa shape index (κ1) is 11.5. The predicted molar refractivity (Wildman–Crippen MR) is 49.8 cm³/mol. The molecular formula is C10H20O2. The Balaban J connectivity index is 4.35. The maximum absolute atomic E-state index is 10.2. The summed E-state index contributed by atoms with van der Waals surface area (Å²) in [4.78, 5) is 10.2. The first-order chi connectivity index (χ1) is 5.46. The minimum absolute atomic E-state index is 0.0370. The Kier molecular flexibility index (Phi) is 4.29. The molecule has 12 heavy (non-hydrogen) atoms. The first-order valence-electron chi connectivity index (χ1n) is 4.55. The lowest BCUT2D eigenvalue weighted by Gasteiger charge is -2.35. The summed E-state index contributed by atoms with van der Waals surface area (Å²) in [6.07, 6.45) is 0.916. The van der Waals surface area contributed by atoms with Gasteiger partial charge < -0.3 is 4.74 Å². The van der Waals surface area contributed by atoms with E-state index < -0.39 is 0 Å². The molecular weight excluding hydrogens is 152 g/mol. The van der Waals surface area contributed by atoms with E-state index in [4.69, 9.17) is 4.74 Å². The molecule has 0 saturated heterocycles. The molecule has 0 saturated carbocycles. The highest BCUT2D eigenvalue weighted by Crippen LogP contribution is 2.33. The van der Waals surface area contributed by atoms with E-state index in [2.05, 4.69) is 27.7 Å². The monoisotopic (exact) mass is 172 g/mol. The summed E-state index contributed by atoms with van der Waals surface area (Å²) in [7, 11) is 0. The smallest absolute Gasteiger partial charge is 0.293 e. The Morgan fingerprint density at radius 1 is 1.42 bits per heavy atom. The molecule has 0 amide bonds. The molecule has 72 valence electrons. The van der Waals surface area contributed by atoms with E-state index in [-0.39, 0.29) is 11.5 Å². The lowest BCUT2D eigenvalue weighted by Crippen LogP contribution is -2.35. The summed E-state index contributed by atoms with van der Waals surface area (Å²) in [5.74, 6) is 0.516. The van der Waals surface area contributed by atoms with Crippen LogP contribution >= 0.6 is 0 Å². The summed E-state index contributed by atoms with van der Waals surface area (Å²) in [6, 6.07) is 0. The van der Waals surface area contributed by atoms with E-state index in [1.165, 1.54) is 0 Å². The van der Waals surface area contributed by atoms with Gasteiger partial charge in [-0.25, -0.2) is 0 Å². The summed E-state index contributed by atoms with van der Waals surface area (Å²) in [5, 5.41) is 0. The predicted octanol–water partition coefficient (Wildman–Crippen LogP) is 2.62. The second-order valence-electron chi connectivity index (χ2n) is 4.11. The molecule has 2 nitrogen and oxygen atoms in total. The van der Waals surface area contributed by atoms with Gasteiger partial charge in [0.2, 0.25) is 0 Å². The molecule has 0 bridgehead atoms. The zero-order valence-electron chi connectivity index (χ0n) is 8.76. The summed E-state index contributed by atoms with van der Waals surface area (Å²) < 4.78 is 5.04. The van der Waals surface area contributed by atoms with Crippen LogP contribution in [0.15, 0.2) is 0 Å². The lowest BCUT2D eigenvalue weighted by molar-refractivity contribution is -0.141. The van der Waals surface area contributed by atoms with Crippen LogP contribution in [0.4, 0.5) is 0 Å². The van der Waals surface area contributed by atoms with Crippen molar-refractivity contribution in [3.05, 3.63) is 0 Å². The number of carbonyl (C=O) groups is 1. The molecule has 0 aromatic carbocycles. The van der Waals surface area contributed by atoms with Crippen LogP contribution in [0, 0.1) is 11.3 Å². The van der Waals surface area contributed by atoms with Crippen molar-refractivity contribution in [2.45, 2.75) is 47.1 Å². The van der Waals surface area contributed by atoms with Crippen LogP contribution in [0.3, 0.4) is 0 Å². The molecule has 0 aliphatic carbocycles. The molecule has 0 aromatic rings. The van der Waals surface area contributed by atoms with Crippen LogP contribution in [0.2, 0.25) is 0 Å². The third-order valence-corrected chi connectivity index (χ3v) is 2.91. The van der Waals surface area contributed by atoms with Crippen molar-refractivity contribution < 1.29 is 9.53 Å². The minimum atomic E-state index is 0.0370. The maximum atomic E-state index is 10.2. The second-order valence-corrected chi connectivity index (χ2v) is 4.11. The Hall–Kier alpha value is -0.530. The van der Waals surface area contributed by atoms with Gasteiger partial charge in [0.05, 0.1) is 0 Å². The summed E-state index contributed by atoms with van der Waals surface area (Å²) >= 11 is 0. The van der Waals surface area contributed by atoms with E-state index in [1.54, 1.807) is 0 Å². The van der Waals surface area contributed by atoms with E-state index in [0.29, 0.717) is 12.4 Å². The van der Waals surface area contributed by atoms with Gasteiger partial charge in [0.25, 0.3) is 6.47 Å². The van der Waals surface area contributed by atoms with Crippen LogP contribution < -0.4 is 0 Å².